The number of piperidine rings is 1. The SMILES string of the molecule is O=C1CCC2(CCN(c3ccccc3)CC2)O1. The van der Waals surface area contributed by atoms with Crippen LogP contribution < -0.4 is 4.90 Å². The Balaban J connectivity index is 1.67. The van der Waals surface area contributed by atoms with Gasteiger partial charge >= 0.3 is 5.97 Å². The van der Waals surface area contributed by atoms with E-state index in [2.05, 4.69) is 29.2 Å². The summed E-state index contributed by atoms with van der Waals surface area (Å²) in [6, 6.07) is 10.4. The molecule has 0 unspecified atom stereocenters. The van der Waals surface area contributed by atoms with Gasteiger partial charge in [-0.3, -0.25) is 4.79 Å². The minimum absolute atomic E-state index is 0.0156. The predicted molar refractivity (Wildman–Crippen MR) is 65.9 cm³/mol. The van der Waals surface area contributed by atoms with E-state index < -0.39 is 0 Å². The van der Waals surface area contributed by atoms with Gasteiger partial charge in [0.05, 0.1) is 0 Å². The van der Waals surface area contributed by atoms with Crippen LogP contribution in [0.15, 0.2) is 30.3 Å². The normalized spacial score (nSPS) is 22.8. The first-order chi connectivity index (χ1) is 8.27. The molecule has 0 atom stereocenters. The number of anilines is 1. The standard InChI is InChI=1S/C14H17NO2/c16-13-6-7-14(17-13)8-10-15(11-9-14)12-4-2-1-3-5-12/h1-5H,6-11H2. The second kappa shape index (κ2) is 4.06. The van der Waals surface area contributed by atoms with Crippen molar-refractivity contribution in [3.8, 4) is 0 Å². The summed E-state index contributed by atoms with van der Waals surface area (Å²) in [5.74, 6) is -0.0156. The first-order valence-electron chi connectivity index (χ1n) is 6.29. The minimum atomic E-state index is -0.137. The zero-order valence-corrected chi connectivity index (χ0v) is 9.89. The lowest BCUT2D eigenvalue weighted by Gasteiger charge is -2.39. The molecule has 1 aromatic carbocycles. The number of esters is 1. The molecule has 0 aromatic heterocycles. The summed E-state index contributed by atoms with van der Waals surface area (Å²) in [5.41, 5.74) is 1.13. The second-order valence-electron chi connectivity index (χ2n) is 4.98. The fourth-order valence-electron chi connectivity index (χ4n) is 2.84. The molecule has 90 valence electrons. The molecular formula is C14H17NO2. The van der Waals surface area contributed by atoms with E-state index >= 15 is 0 Å². The molecule has 0 N–H and O–H groups in total. The highest BCUT2D eigenvalue weighted by Crippen LogP contribution is 2.37. The molecule has 3 rings (SSSR count). The zero-order chi connectivity index (χ0) is 11.7. The van der Waals surface area contributed by atoms with Crippen LogP contribution in [0.5, 0.6) is 0 Å². The number of carbonyl (C=O) groups excluding carboxylic acids is 1. The smallest absolute Gasteiger partial charge is 0.306 e. The van der Waals surface area contributed by atoms with Gasteiger partial charge in [-0.2, -0.15) is 0 Å². The van der Waals surface area contributed by atoms with Crippen molar-refractivity contribution < 1.29 is 9.53 Å². The Morgan fingerprint density at radius 3 is 2.35 bits per heavy atom. The van der Waals surface area contributed by atoms with Crippen LogP contribution in [0.1, 0.15) is 25.7 Å². The maximum absolute atomic E-state index is 11.2. The highest BCUT2D eigenvalue weighted by molar-refractivity contribution is 5.72. The van der Waals surface area contributed by atoms with E-state index in [4.69, 9.17) is 4.74 Å². The van der Waals surface area contributed by atoms with Crippen molar-refractivity contribution in [2.24, 2.45) is 0 Å². The largest absolute Gasteiger partial charge is 0.459 e. The quantitative estimate of drug-likeness (QED) is 0.695. The van der Waals surface area contributed by atoms with E-state index in [1.807, 2.05) is 6.07 Å². The Kier molecular flexibility index (Phi) is 2.54. The van der Waals surface area contributed by atoms with Crippen molar-refractivity contribution in [1.82, 2.24) is 0 Å². The maximum atomic E-state index is 11.2. The molecule has 2 aliphatic rings. The molecule has 1 aromatic rings. The molecule has 3 heteroatoms. The average molecular weight is 231 g/mol. The number of benzene rings is 1. The van der Waals surface area contributed by atoms with Gasteiger partial charge in [-0.25, -0.2) is 0 Å². The molecule has 17 heavy (non-hydrogen) atoms. The Hall–Kier alpha value is -1.51. The lowest BCUT2D eigenvalue weighted by Crippen LogP contribution is -2.44. The average Bonchev–Trinajstić information content (AvgIpc) is 2.73. The summed E-state index contributed by atoms with van der Waals surface area (Å²) >= 11 is 0. The van der Waals surface area contributed by atoms with Crippen molar-refractivity contribution in [3.05, 3.63) is 30.3 Å². The third kappa shape index (κ3) is 2.02. The number of hydrogen-bond acceptors (Lipinski definition) is 3. The Morgan fingerprint density at radius 2 is 1.76 bits per heavy atom. The predicted octanol–water partition coefficient (Wildman–Crippen LogP) is 2.36. The van der Waals surface area contributed by atoms with E-state index in [0.29, 0.717) is 6.42 Å². The molecule has 2 heterocycles. The minimum Gasteiger partial charge on any atom is -0.459 e. The van der Waals surface area contributed by atoms with Crippen LogP contribution in [-0.4, -0.2) is 24.7 Å². The molecule has 1 spiro atoms. The van der Waals surface area contributed by atoms with Crippen molar-refractivity contribution in [1.29, 1.82) is 0 Å². The molecule has 0 aliphatic carbocycles. The summed E-state index contributed by atoms with van der Waals surface area (Å²) in [6.07, 6.45) is 3.45. The van der Waals surface area contributed by atoms with Gasteiger partial charge in [0.25, 0.3) is 0 Å². The summed E-state index contributed by atoms with van der Waals surface area (Å²) in [4.78, 5) is 13.6. The molecule has 2 aliphatic heterocycles. The number of carbonyl (C=O) groups is 1. The third-order valence-electron chi connectivity index (χ3n) is 3.91. The fourth-order valence-corrected chi connectivity index (χ4v) is 2.84. The molecule has 0 radical (unpaired) electrons. The van der Waals surface area contributed by atoms with Gasteiger partial charge in [0, 0.05) is 38.0 Å². The molecule has 2 fully saturated rings. The maximum Gasteiger partial charge on any atom is 0.306 e. The van der Waals surface area contributed by atoms with Crippen LogP contribution >= 0.6 is 0 Å². The first kappa shape index (κ1) is 10.6. The molecule has 0 amide bonds. The molecule has 0 bridgehead atoms. The van der Waals surface area contributed by atoms with Crippen LogP contribution in [0, 0.1) is 0 Å². The van der Waals surface area contributed by atoms with Crippen molar-refractivity contribution in [2.45, 2.75) is 31.3 Å². The Labute approximate surface area is 101 Å². The van der Waals surface area contributed by atoms with Crippen LogP contribution in [0.25, 0.3) is 0 Å². The lowest BCUT2D eigenvalue weighted by atomic mass is 9.88. The Bertz CT molecular complexity index is 407. The van der Waals surface area contributed by atoms with Crippen LogP contribution in [0.2, 0.25) is 0 Å². The molecule has 0 saturated carbocycles. The molecule has 3 nitrogen and oxygen atoms in total. The number of rotatable bonds is 1. The van der Waals surface area contributed by atoms with Crippen molar-refractivity contribution in [3.63, 3.8) is 0 Å². The van der Waals surface area contributed by atoms with Crippen LogP contribution in [-0.2, 0) is 9.53 Å². The molecule has 2 saturated heterocycles. The number of ether oxygens (including phenoxy) is 1. The number of nitrogens with zero attached hydrogens (tertiary/aromatic N) is 1. The van der Waals surface area contributed by atoms with Gasteiger partial charge in [-0.05, 0) is 18.6 Å². The van der Waals surface area contributed by atoms with E-state index in [-0.39, 0.29) is 11.6 Å². The number of hydrogen-bond donors (Lipinski definition) is 0. The molecular weight excluding hydrogens is 214 g/mol. The monoisotopic (exact) mass is 231 g/mol. The van der Waals surface area contributed by atoms with E-state index in [1.54, 1.807) is 0 Å². The second-order valence-corrected chi connectivity index (χ2v) is 4.98. The van der Waals surface area contributed by atoms with Crippen molar-refractivity contribution in [2.75, 3.05) is 18.0 Å². The highest BCUT2D eigenvalue weighted by Gasteiger charge is 2.42. The van der Waals surface area contributed by atoms with Crippen LogP contribution in [0.3, 0.4) is 0 Å². The van der Waals surface area contributed by atoms with Gasteiger partial charge in [0.15, 0.2) is 0 Å². The van der Waals surface area contributed by atoms with E-state index in [9.17, 15) is 4.79 Å². The van der Waals surface area contributed by atoms with Gasteiger partial charge < -0.3 is 9.64 Å². The topological polar surface area (TPSA) is 29.5 Å². The van der Waals surface area contributed by atoms with E-state index in [0.717, 1.165) is 32.4 Å². The van der Waals surface area contributed by atoms with Crippen molar-refractivity contribution >= 4 is 11.7 Å². The van der Waals surface area contributed by atoms with Gasteiger partial charge in [0.2, 0.25) is 0 Å². The van der Waals surface area contributed by atoms with E-state index in [1.165, 1.54) is 5.69 Å². The summed E-state index contributed by atoms with van der Waals surface area (Å²) in [7, 11) is 0. The Morgan fingerprint density at radius 1 is 1.06 bits per heavy atom. The lowest BCUT2D eigenvalue weighted by molar-refractivity contribution is -0.149. The van der Waals surface area contributed by atoms with Crippen LogP contribution in [0.4, 0.5) is 5.69 Å². The first-order valence-corrected chi connectivity index (χ1v) is 6.29. The fraction of sp³-hybridized carbons (Fsp3) is 0.500. The van der Waals surface area contributed by atoms with Gasteiger partial charge in [-0.15, -0.1) is 0 Å². The summed E-state index contributed by atoms with van der Waals surface area (Å²) in [5, 5.41) is 0. The summed E-state index contributed by atoms with van der Waals surface area (Å²) < 4.78 is 5.51. The third-order valence-corrected chi connectivity index (χ3v) is 3.91. The zero-order valence-electron chi connectivity index (χ0n) is 9.89. The number of para-hydroxylation sites is 1. The summed E-state index contributed by atoms with van der Waals surface area (Å²) in [6.45, 7) is 1.97. The van der Waals surface area contributed by atoms with Gasteiger partial charge in [0.1, 0.15) is 5.60 Å². The van der Waals surface area contributed by atoms with Gasteiger partial charge in [-0.1, -0.05) is 18.2 Å². The highest BCUT2D eigenvalue weighted by atomic mass is 16.6.